The second kappa shape index (κ2) is 9.62. The first-order valence-corrected chi connectivity index (χ1v) is 11.3. The maximum atomic E-state index is 13.1. The minimum atomic E-state index is -0.125. The third-order valence-corrected chi connectivity index (χ3v) is 6.28. The minimum Gasteiger partial charge on any atom is -0.497 e. The lowest BCUT2D eigenvalue weighted by Crippen LogP contribution is -2.53. The molecule has 0 radical (unpaired) electrons. The molecule has 0 aliphatic carbocycles. The van der Waals surface area contributed by atoms with Gasteiger partial charge in [-0.2, -0.15) is 0 Å². The van der Waals surface area contributed by atoms with Crippen molar-refractivity contribution in [2.75, 3.05) is 33.3 Å². The van der Waals surface area contributed by atoms with Gasteiger partial charge in [0.25, 0.3) is 5.91 Å². The number of nitrogens with zero attached hydrogens (tertiary/aromatic N) is 2. The van der Waals surface area contributed by atoms with Gasteiger partial charge in [-0.1, -0.05) is 48.5 Å². The first-order valence-electron chi connectivity index (χ1n) is 11.3. The highest BCUT2D eigenvalue weighted by atomic mass is 16.5. The van der Waals surface area contributed by atoms with Crippen LogP contribution < -0.4 is 20.9 Å². The zero-order valence-electron chi connectivity index (χ0n) is 18.8. The van der Waals surface area contributed by atoms with Crippen molar-refractivity contribution in [1.82, 2.24) is 25.6 Å². The van der Waals surface area contributed by atoms with E-state index in [1.54, 1.807) is 7.11 Å². The Balaban J connectivity index is 1.36. The molecule has 0 bridgehead atoms. The van der Waals surface area contributed by atoms with Crippen LogP contribution in [0.15, 0.2) is 72.8 Å². The van der Waals surface area contributed by atoms with Gasteiger partial charge in [0.05, 0.1) is 7.11 Å². The topological polar surface area (TPSA) is 70.6 Å². The number of ether oxygens (including phenoxy) is 1. The van der Waals surface area contributed by atoms with Crippen molar-refractivity contribution in [3.63, 3.8) is 0 Å². The fourth-order valence-corrected chi connectivity index (χ4v) is 4.62. The minimum absolute atomic E-state index is 0.0878. The van der Waals surface area contributed by atoms with Crippen molar-refractivity contribution in [3.8, 4) is 5.75 Å². The number of piperazine rings is 1. The van der Waals surface area contributed by atoms with Crippen LogP contribution in [0.3, 0.4) is 0 Å². The molecule has 2 heterocycles. The molecule has 7 nitrogen and oxygen atoms in total. The molecule has 1 aromatic heterocycles. The van der Waals surface area contributed by atoms with Gasteiger partial charge >= 0.3 is 0 Å². The van der Waals surface area contributed by atoms with Gasteiger partial charge in [0, 0.05) is 48.0 Å². The Morgan fingerprint density at radius 1 is 0.939 bits per heavy atom. The normalized spacial score (nSPS) is 15.5. The van der Waals surface area contributed by atoms with E-state index in [4.69, 9.17) is 4.74 Å². The fraction of sp³-hybridized carbons (Fsp3) is 0.269. The predicted molar refractivity (Wildman–Crippen MR) is 131 cm³/mol. The standard InChI is InChI=1S/C26H29N5O2/c1-33-20-12-10-19(11-13-20)26(30-16-14-27-15-17-30)29-28-25(32)18-31-23-8-4-2-6-21(23)22-7-3-5-9-24(22)31/h2-13,26-27,29H,14-18H2,1H3,(H,28,32). The average molecular weight is 444 g/mol. The van der Waals surface area contributed by atoms with Gasteiger partial charge in [0.15, 0.2) is 0 Å². The molecule has 1 unspecified atom stereocenters. The molecule has 1 aliphatic heterocycles. The molecule has 3 aromatic carbocycles. The van der Waals surface area contributed by atoms with Crippen molar-refractivity contribution < 1.29 is 9.53 Å². The summed E-state index contributed by atoms with van der Waals surface area (Å²) in [7, 11) is 1.66. The summed E-state index contributed by atoms with van der Waals surface area (Å²) in [5.41, 5.74) is 9.46. The summed E-state index contributed by atoms with van der Waals surface area (Å²) in [6, 6.07) is 24.4. The highest BCUT2D eigenvalue weighted by Gasteiger charge is 2.23. The molecule has 33 heavy (non-hydrogen) atoms. The number of amides is 1. The van der Waals surface area contributed by atoms with Crippen LogP contribution in [0.1, 0.15) is 11.7 Å². The molecule has 0 spiro atoms. The molecule has 1 amide bonds. The number of aromatic nitrogens is 1. The Morgan fingerprint density at radius 3 is 2.15 bits per heavy atom. The van der Waals surface area contributed by atoms with Crippen LogP contribution in [0.4, 0.5) is 0 Å². The number of nitrogens with one attached hydrogen (secondary N) is 3. The first kappa shape index (κ1) is 21.5. The van der Waals surface area contributed by atoms with Crippen molar-refractivity contribution in [3.05, 3.63) is 78.4 Å². The van der Waals surface area contributed by atoms with Crippen LogP contribution in [0.5, 0.6) is 5.75 Å². The van der Waals surface area contributed by atoms with Gasteiger partial charge in [0.2, 0.25) is 0 Å². The van der Waals surface area contributed by atoms with E-state index in [9.17, 15) is 4.79 Å². The van der Waals surface area contributed by atoms with Gasteiger partial charge in [-0.15, -0.1) is 0 Å². The molecule has 170 valence electrons. The molecule has 1 saturated heterocycles. The zero-order valence-corrected chi connectivity index (χ0v) is 18.8. The third-order valence-electron chi connectivity index (χ3n) is 6.28. The summed E-state index contributed by atoms with van der Waals surface area (Å²) in [5.74, 6) is 0.725. The van der Waals surface area contributed by atoms with Crippen LogP contribution in [0.2, 0.25) is 0 Å². The summed E-state index contributed by atoms with van der Waals surface area (Å²) in [6.07, 6.45) is -0.125. The Kier molecular flexibility index (Phi) is 6.26. The van der Waals surface area contributed by atoms with Gasteiger partial charge < -0.3 is 14.6 Å². The molecule has 1 aliphatic rings. The summed E-state index contributed by atoms with van der Waals surface area (Å²) in [5, 5.41) is 5.70. The van der Waals surface area contributed by atoms with Crippen LogP contribution in [-0.4, -0.2) is 48.7 Å². The molecule has 5 rings (SSSR count). The molecule has 7 heteroatoms. The van der Waals surface area contributed by atoms with Crippen molar-refractivity contribution in [2.45, 2.75) is 12.7 Å². The number of hydrogen-bond acceptors (Lipinski definition) is 5. The lowest BCUT2D eigenvalue weighted by atomic mass is 10.1. The molecule has 1 fully saturated rings. The van der Waals surface area contributed by atoms with E-state index in [2.05, 4.69) is 49.9 Å². The van der Waals surface area contributed by atoms with E-state index in [-0.39, 0.29) is 18.6 Å². The van der Waals surface area contributed by atoms with E-state index in [0.29, 0.717) is 0 Å². The predicted octanol–water partition coefficient (Wildman–Crippen LogP) is 3.03. The summed E-state index contributed by atoms with van der Waals surface area (Å²) in [6.45, 7) is 3.87. The molecule has 1 atom stereocenters. The van der Waals surface area contributed by atoms with Crippen molar-refractivity contribution >= 4 is 27.7 Å². The lowest BCUT2D eigenvalue weighted by molar-refractivity contribution is -0.123. The number of hydrazine groups is 1. The molecule has 3 N–H and O–H groups in total. The second-order valence-electron chi connectivity index (χ2n) is 8.27. The van der Waals surface area contributed by atoms with Crippen molar-refractivity contribution in [2.24, 2.45) is 0 Å². The SMILES string of the molecule is COc1ccc(C(NNC(=O)Cn2c3ccccc3c3ccccc32)N2CCNCC2)cc1. The Morgan fingerprint density at radius 2 is 1.55 bits per heavy atom. The maximum absolute atomic E-state index is 13.1. The average Bonchev–Trinajstić information content (AvgIpc) is 3.19. The first-order chi connectivity index (χ1) is 16.2. The largest absolute Gasteiger partial charge is 0.497 e. The Labute approximate surface area is 193 Å². The van der Waals surface area contributed by atoms with Crippen LogP contribution in [0, 0.1) is 0 Å². The lowest BCUT2D eigenvalue weighted by Gasteiger charge is -2.35. The maximum Gasteiger partial charge on any atom is 0.254 e. The van der Waals surface area contributed by atoms with E-state index in [1.807, 2.05) is 48.5 Å². The number of carbonyl (C=O) groups excluding carboxylic acids is 1. The van der Waals surface area contributed by atoms with Gasteiger partial charge in [-0.3, -0.25) is 15.1 Å². The number of hydrogen-bond donors (Lipinski definition) is 3. The van der Waals surface area contributed by atoms with Gasteiger partial charge in [0.1, 0.15) is 18.5 Å². The fourth-order valence-electron chi connectivity index (χ4n) is 4.62. The number of carbonyl (C=O) groups is 1. The molecular formula is C26H29N5O2. The van der Waals surface area contributed by atoms with E-state index in [1.165, 1.54) is 0 Å². The summed E-state index contributed by atoms with van der Waals surface area (Å²) >= 11 is 0. The van der Waals surface area contributed by atoms with E-state index < -0.39 is 0 Å². The highest BCUT2D eigenvalue weighted by molar-refractivity contribution is 6.08. The van der Waals surface area contributed by atoms with Gasteiger partial charge in [-0.05, 0) is 29.8 Å². The van der Waals surface area contributed by atoms with Gasteiger partial charge in [-0.25, -0.2) is 5.43 Å². The summed E-state index contributed by atoms with van der Waals surface area (Å²) in [4.78, 5) is 15.4. The number of methoxy groups -OCH3 is 1. The highest BCUT2D eigenvalue weighted by Crippen LogP contribution is 2.28. The number of para-hydroxylation sites is 2. The quantitative estimate of drug-likeness (QED) is 0.383. The van der Waals surface area contributed by atoms with E-state index >= 15 is 0 Å². The zero-order chi connectivity index (χ0) is 22.6. The summed E-state index contributed by atoms with van der Waals surface area (Å²) < 4.78 is 7.38. The molecular weight excluding hydrogens is 414 g/mol. The molecule has 4 aromatic rings. The monoisotopic (exact) mass is 443 g/mol. The second-order valence-corrected chi connectivity index (χ2v) is 8.27. The molecule has 0 saturated carbocycles. The smallest absolute Gasteiger partial charge is 0.254 e. The number of rotatable bonds is 7. The number of fused-ring (bicyclic) bond motifs is 3. The Hall–Kier alpha value is -3.39. The number of benzene rings is 3. The van der Waals surface area contributed by atoms with Crippen molar-refractivity contribution in [1.29, 1.82) is 0 Å². The Bertz CT molecular complexity index is 1190. The van der Waals surface area contributed by atoms with Crippen LogP contribution in [-0.2, 0) is 11.3 Å². The third kappa shape index (κ3) is 4.43. The van der Waals surface area contributed by atoms with E-state index in [0.717, 1.165) is 59.3 Å². The van der Waals surface area contributed by atoms with Crippen LogP contribution in [0.25, 0.3) is 21.8 Å². The van der Waals surface area contributed by atoms with Crippen LogP contribution >= 0.6 is 0 Å².